The molecular formula is C9H13N3O3S. The maximum absolute atomic E-state index is 11.2. The van der Waals surface area contributed by atoms with Crippen molar-refractivity contribution in [3.05, 3.63) is 5.01 Å². The minimum atomic E-state index is -0.913. The second kappa shape index (κ2) is 5.55. The predicted octanol–water partition coefficient (Wildman–Crippen LogP) is 1.16. The Morgan fingerprint density at radius 2 is 2.12 bits per heavy atom. The summed E-state index contributed by atoms with van der Waals surface area (Å²) in [7, 11) is 0. The molecule has 0 atom stereocenters. The van der Waals surface area contributed by atoms with Crippen LogP contribution in [0.4, 0.5) is 5.13 Å². The van der Waals surface area contributed by atoms with Crippen molar-refractivity contribution in [2.24, 2.45) is 0 Å². The average molecular weight is 243 g/mol. The molecule has 1 heterocycles. The number of anilines is 1. The van der Waals surface area contributed by atoms with Crippen molar-refractivity contribution in [1.82, 2.24) is 10.2 Å². The Bertz CT molecular complexity index is 389. The maximum atomic E-state index is 11.2. The molecule has 88 valence electrons. The maximum Gasteiger partial charge on any atom is 0.397 e. The van der Waals surface area contributed by atoms with Gasteiger partial charge in [-0.3, -0.25) is 10.1 Å². The monoisotopic (exact) mass is 243 g/mol. The average Bonchev–Trinajstić information content (AvgIpc) is 2.66. The van der Waals surface area contributed by atoms with E-state index in [1.54, 1.807) is 6.92 Å². The molecule has 0 aliphatic carbocycles. The van der Waals surface area contributed by atoms with Gasteiger partial charge >= 0.3 is 11.9 Å². The number of amides is 1. The van der Waals surface area contributed by atoms with Gasteiger partial charge in [0.25, 0.3) is 0 Å². The van der Waals surface area contributed by atoms with Crippen LogP contribution in [0, 0.1) is 0 Å². The molecular weight excluding hydrogens is 230 g/mol. The normalized spacial score (nSPS) is 10.2. The number of aromatic nitrogens is 2. The molecule has 1 N–H and O–H groups in total. The van der Waals surface area contributed by atoms with Crippen molar-refractivity contribution in [2.45, 2.75) is 26.7 Å². The second-order valence-corrected chi connectivity index (χ2v) is 4.28. The van der Waals surface area contributed by atoms with Crippen LogP contribution in [0.15, 0.2) is 0 Å². The molecule has 7 heteroatoms. The van der Waals surface area contributed by atoms with Crippen molar-refractivity contribution in [1.29, 1.82) is 0 Å². The first-order valence-electron chi connectivity index (χ1n) is 4.86. The van der Waals surface area contributed by atoms with Crippen LogP contribution >= 0.6 is 11.3 Å². The summed E-state index contributed by atoms with van der Waals surface area (Å²) < 4.78 is 4.54. The highest BCUT2D eigenvalue weighted by Gasteiger charge is 2.17. The molecule has 0 saturated carbocycles. The Balaban J connectivity index is 2.59. The Morgan fingerprint density at radius 3 is 2.62 bits per heavy atom. The zero-order valence-corrected chi connectivity index (χ0v) is 10.1. The molecule has 1 amide bonds. The number of hydrogen-bond acceptors (Lipinski definition) is 6. The van der Waals surface area contributed by atoms with Crippen molar-refractivity contribution >= 4 is 28.3 Å². The third-order valence-electron chi connectivity index (χ3n) is 1.62. The van der Waals surface area contributed by atoms with Gasteiger partial charge in [0, 0.05) is 5.92 Å². The van der Waals surface area contributed by atoms with Gasteiger partial charge in [-0.2, -0.15) is 0 Å². The van der Waals surface area contributed by atoms with Crippen molar-refractivity contribution in [3.8, 4) is 0 Å². The van der Waals surface area contributed by atoms with Crippen LogP contribution < -0.4 is 5.32 Å². The summed E-state index contributed by atoms with van der Waals surface area (Å²) in [6.07, 6.45) is 0. The first-order chi connectivity index (χ1) is 7.54. The minimum Gasteiger partial charge on any atom is -0.459 e. The number of nitrogens with one attached hydrogen (secondary N) is 1. The number of hydrogen-bond donors (Lipinski definition) is 1. The van der Waals surface area contributed by atoms with Crippen LogP contribution in [0.5, 0.6) is 0 Å². The second-order valence-electron chi connectivity index (χ2n) is 3.27. The first kappa shape index (κ1) is 12.6. The molecule has 0 fully saturated rings. The fourth-order valence-corrected chi connectivity index (χ4v) is 1.60. The van der Waals surface area contributed by atoms with Crippen LogP contribution in [-0.4, -0.2) is 28.7 Å². The quantitative estimate of drug-likeness (QED) is 0.636. The SMILES string of the molecule is CCOC(=O)C(=O)Nc1nnc(C(C)C)s1. The van der Waals surface area contributed by atoms with E-state index in [0.29, 0.717) is 5.13 Å². The van der Waals surface area contributed by atoms with Crippen LogP contribution in [0.3, 0.4) is 0 Å². The van der Waals surface area contributed by atoms with E-state index in [4.69, 9.17) is 0 Å². The van der Waals surface area contributed by atoms with Gasteiger partial charge in [-0.05, 0) is 6.92 Å². The molecule has 16 heavy (non-hydrogen) atoms. The number of ether oxygens (including phenoxy) is 1. The lowest BCUT2D eigenvalue weighted by Crippen LogP contribution is -2.24. The number of carbonyl (C=O) groups is 2. The Kier molecular flexibility index (Phi) is 4.36. The standard InChI is InChI=1S/C9H13N3O3S/c1-4-15-8(14)6(13)10-9-12-11-7(16-9)5(2)3/h5H,4H2,1-3H3,(H,10,12,13). The minimum absolute atomic E-state index is 0.166. The molecule has 0 aliphatic heterocycles. The molecule has 0 radical (unpaired) electrons. The van der Waals surface area contributed by atoms with Gasteiger partial charge in [0.2, 0.25) is 5.13 Å². The number of carbonyl (C=O) groups excluding carboxylic acids is 2. The van der Waals surface area contributed by atoms with E-state index < -0.39 is 11.9 Å². The number of rotatable bonds is 3. The van der Waals surface area contributed by atoms with E-state index in [1.165, 1.54) is 11.3 Å². The first-order valence-corrected chi connectivity index (χ1v) is 5.67. The van der Waals surface area contributed by atoms with E-state index in [1.807, 2.05) is 13.8 Å². The van der Waals surface area contributed by atoms with Crippen molar-refractivity contribution in [3.63, 3.8) is 0 Å². The van der Waals surface area contributed by atoms with Crippen LogP contribution in [0.1, 0.15) is 31.7 Å². The Morgan fingerprint density at radius 1 is 1.44 bits per heavy atom. The van der Waals surface area contributed by atoms with Crippen LogP contribution in [0.2, 0.25) is 0 Å². The molecule has 6 nitrogen and oxygen atoms in total. The van der Waals surface area contributed by atoms with Gasteiger partial charge in [-0.1, -0.05) is 25.2 Å². The molecule has 0 aromatic carbocycles. The fourth-order valence-electron chi connectivity index (χ4n) is 0.863. The van der Waals surface area contributed by atoms with Gasteiger partial charge in [-0.15, -0.1) is 10.2 Å². The third-order valence-corrected chi connectivity index (χ3v) is 2.76. The third kappa shape index (κ3) is 3.27. The van der Waals surface area contributed by atoms with E-state index in [9.17, 15) is 9.59 Å². The Labute approximate surface area is 97.0 Å². The van der Waals surface area contributed by atoms with Gasteiger partial charge < -0.3 is 4.74 Å². The summed E-state index contributed by atoms with van der Waals surface area (Å²) in [5.41, 5.74) is 0. The summed E-state index contributed by atoms with van der Waals surface area (Å²) in [6, 6.07) is 0. The molecule has 1 aromatic rings. The summed E-state index contributed by atoms with van der Waals surface area (Å²) in [6.45, 7) is 5.74. The molecule has 0 spiro atoms. The lowest BCUT2D eigenvalue weighted by Gasteiger charge is -1.99. The Hall–Kier alpha value is -1.50. The highest BCUT2D eigenvalue weighted by molar-refractivity contribution is 7.15. The summed E-state index contributed by atoms with van der Waals surface area (Å²) in [5.74, 6) is -1.50. The highest BCUT2D eigenvalue weighted by Crippen LogP contribution is 2.22. The molecule has 0 saturated heterocycles. The summed E-state index contributed by atoms with van der Waals surface area (Å²) in [4.78, 5) is 22.2. The number of nitrogens with zero attached hydrogens (tertiary/aromatic N) is 2. The van der Waals surface area contributed by atoms with Gasteiger partial charge in [0.05, 0.1) is 6.61 Å². The summed E-state index contributed by atoms with van der Waals surface area (Å²) >= 11 is 1.24. The summed E-state index contributed by atoms with van der Waals surface area (Å²) in [5, 5.41) is 11.1. The van der Waals surface area contributed by atoms with Crippen molar-refractivity contribution in [2.75, 3.05) is 11.9 Å². The molecule has 0 bridgehead atoms. The topological polar surface area (TPSA) is 81.2 Å². The largest absolute Gasteiger partial charge is 0.459 e. The zero-order chi connectivity index (χ0) is 12.1. The highest BCUT2D eigenvalue weighted by atomic mass is 32.1. The van der Waals surface area contributed by atoms with Crippen molar-refractivity contribution < 1.29 is 14.3 Å². The lowest BCUT2D eigenvalue weighted by molar-refractivity contribution is -0.152. The van der Waals surface area contributed by atoms with E-state index in [2.05, 4.69) is 20.3 Å². The van der Waals surface area contributed by atoms with E-state index in [-0.39, 0.29) is 12.5 Å². The number of esters is 1. The molecule has 0 aliphatic rings. The smallest absolute Gasteiger partial charge is 0.397 e. The van der Waals surface area contributed by atoms with Gasteiger partial charge in [-0.25, -0.2) is 4.79 Å². The van der Waals surface area contributed by atoms with E-state index in [0.717, 1.165) is 5.01 Å². The fraction of sp³-hybridized carbons (Fsp3) is 0.556. The van der Waals surface area contributed by atoms with Crippen LogP contribution in [-0.2, 0) is 14.3 Å². The van der Waals surface area contributed by atoms with E-state index >= 15 is 0 Å². The van der Waals surface area contributed by atoms with Gasteiger partial charge in [0.1, 0.15) is 5.01 Å². The predicted molar refractivity (Wildman–Crippen MR) is 59.3 cm³/mol. The molecule has 1 rings (SSSR count). The lowest BCUT2D eigenvalue weighted by atomic mass is 10.2. The van der Waals surface area contributed by atoms with Gasteiger partial charge in [0.15, 0.2) is 0 Å². The van der Waals surface area contributed by atoms with Crippen LogP contribution in [0.25, 0.3) is 0 Å². The molecule has 1 aromatic heterocycles. The molecule has 0 unspecified atom stereocenters. The zero-order valence-electron chi connectivity index (χ0n) is 9.31.